The summed E-state index contributed by atoms with van der Waals surface area (Å²) in [7, 11) is 0. The quantitative estimate of drug-likeness (QED) is 0.713. The van der Waals surface area contributed by atoms with Gasteiger partial charge in [0.15, 0.2) is 0 Å². The van der Waals surface area contributed by atoms with E-state index in [1.165, 1.54) is 10.9 Å². The van der Waals surface area contributed by atoms with Crippen LogP contribution in [0.5, 0.6) is 0 Å². The van der Waals surface area contributed by atoms with Crippen LogP contribution < -0.4 is 0 Å². The molecule has 0 atom stereocenters. The molecule has 0 spiro atoms. The Hall–Kier alpha value is -0.950. The van der Waals surface area contributed by atoms with E-state index < -0.39 is 0 Å². The van der Waals surface area contributed by atoms with Gasteiger partial charge in [0.25, 0.3) is 0 Å². The SMILES string of the molecule is CCc1oc2cc(Cl)ccc2c1C(C)C. The van der Waals surface area contributed by atoms with Crippen molar-refractivity contribution in [3.05, 3.63) is 34.5 Å². The largest absolute Gasteiger partial charge is 0.461 e. The van der Waals surface area contributed by atoms with Crippen molar-refractivity contribution in [2.24, 2.45) is 0 Å². The van der Waals surface area contributed by atoms with Gasteiger partial charge in [0.1, 0.15) is 11.3 Å². The molecule has 1 heterocycles. The van der Waals surface area contributed by atoms with Gasteiger partial charge in [-0.05, 0) is 18.1 Å². The molecule has 1 nitrogen and oxygen atoms in total. The highest BCUT2D eigenvalue weighted by Gasteiger charge is 2.15. The number of aryl methyl sites for hydroxylation is 1. The molecular weight excluding hydrogens is 208 g/mol. The fraction of sp³-hybridized carbons (Fsp3) is 0.385. The average Bonchev–Trinajstić information content (AvgIpc) is 2.54. The highest BCUT2D eigenvalue weighted by molar-refractivity contribution is 6.31. The topological polar surface area (TPSA) is 13.1 Å². The normalized spacial score (nSPS) is 11.5. The number of hydrogen-bond donors (Lipinski definition) is 0. The molecule has 0 aliphatic carbocycles. The van der Waals surface area contributed by atoms with Gasteiger partial charge >= 0.3 is 0 Å². The standard InChI is InChI=1S/C13H15ClO/c1-4-11-13(8(2)3)10-6-5-9(14)7-12(10)15-11/h5-8H,4H2,1-3H3. The van der Waals surface area contributed by atoms with Gasteiger partial charge in [-0.1, -0.05) is 32.4 Å². The Kier molecular flexibility index (Phi) is 2.74. The molecule has 0 aliphatic rings. The minimum Gasteiger partial charge on any atom is -0.461 e. The van der Waals surface area contributed by atoms with Crippen molar-refractivity contribution in [3.63, 3.8) is 0 Å². The molecule has 0 N–H and O–H groups in total. The van der Waals surface area contributed by atoms with E-state index in [9.17, 15) is 0 Å². The summed E-state index contributed by atoms with van der Waals surface area (Å²) in [6.07, 6.45) is 0.930. The van der Waals surface area contributed by atoms with E-state index >= 15 is 0 Å². The third-order valence-electron chi connectivity index (χ3n) is 2.67. The summed E-state index contributed by atoms with van der Waals surface area (Å²) in [6, 6.07) is 5.86. The molecule has 0 fully saturated rings. The van der Waals surface area contributed by atoms with Crippen molar-refractivity contribution in [1.82, 2.24) is 0 Å². The third-order valence-corrected chi connectivity index (χ3v) is 2.90. The molecule has 80 valence electrons. The van der Waals surface area contributed by atoms with E-state index in [2.05, 4.69) is 26.8 Å². The summed E-state index contributed by atoms with van der Waals surface area (Å²) in [5, 5.41) is 1.93. The summed E-state index contributed by atoms with van der Waals surface area (Å²) in [5.74, 6) is 1.57. The molecule has 1 aromatic carbocycles. The second-order valence-corrected chi connectivity index (χ2v) is 4.52. The molecule has 0 amide bonds. The minimum absolute atomic E-state index is 0.488. The van der Waals surface area contributed by atoms with Crippen LogP contribution in [0.2, 0.25) is 5.02 Å². The van der Waals surface area contributed by atoms with Gasteiger partial charge < -0.3 is 4.42 Å². The molecule has 0 saturated carbocycles. The first kappa shape index (κ1) is 10.6. The van der Waals surface area contributed by atoms with Gasteiger partial charge in [-0.3, -0.25) is 0 Å². The van der Waals surface area contributed by atoms with Crippen LogP contribution in [0, 0.1) is 0 Å². The van der Waals surface area contributed by atoms with Gasteiger partial charge in [0, 0.05) is 28.5 Å². The highest BCUT2D eigenvalue weighted by Crippen LogP contribution is 2.33. The Morgan fingerprint density at radius 3 is 2.67 bits per heavy atom. The van der Waals surface area contributed by atoms with Crippen molar-refractivity contribution in [2.75, 3.05) is 0 Å². The van der Waals surface area contributed by atoms with E-state index in [1.807, 2.05) is 12.1 Å². The molecule has 15 heavy (non-hydrogen) atoms. The summed E-state index contributed by atoms with van der Waals surface area (Å²) in [5.41, 5.74) is 2.23. The van der Waals surface area contributed by atoms with Crippen LogP contribution in [0.25, 0.3) is 11.0 Å². The van der Waals surface area contributed by atoms with E-state index in [4.69, 9.17) is 16.0 Å². The van der Waals surface area contributed by atoms with Crippen molar-refractivity contribution in [1.29, 1.82) is 0 Å². The molecular formula is C13H15ClO. The fourth-order valence-electron chi connectivity index (χ4n) is 2.04. The second-order valence-electron chi connectivity index (χ2n) is 4.09. The molecule has 1 aromatic heterocycles. The van der Waals surface area contributed by atoms with E-state index in [-0.39, 0.29) is 0 Å². The summed E-state index contributed by atoms with van der Waals surface area (Å²) >= 11 is 5.94. The Balaban J connectivity index is 2.74. The van der Waals surface area contributed by atoms with Crippen LogP contribution >= 0.6 is 11.6 Å². The van der Waals surface area contributed by atoms with Gasteiger partial charge in [-0.15, -0.1) is 0 Å². The molecule has 2 rings (SSSR count). The first-order chi connectivity index (χ1) is 7.13. The van der Waals surface area contributed by atoms with E-state index in [0.29, 0.717) is 5.92 Å². The summed E-state index contributed by atoms with van der Waals surface area (Å²) in [6.45, 7) is 6.50. The number of fused-ring (bicyclic) bond motifs is 1. The number of furan rings is 1. The first-order valence-electron chi connectivity index (χ1n) is 5.34. The summed E-state index contributed by atoms with van der Waals surface area (Å²) in [4.78, 5) is 0. The molecule has 0 unspecified atom stereocenters. The van der Waals surface area contributed by atoms with Gasteiger partial charge in [0.05, 0.1) is 0 Å². The Labute approximate surface area is 95.0 Å². The molecule has 0 aliphatic heterocycles. The number of halogens is 1. The number of hydrogen-bond acceptors (Lipinski definition) is 1. The Bertz CT molecular complexity index is 482. The monoisotopic (exact) mass is 222 g/mol. The first-order valence-corrected chi connectivity index (χ1v) is 5.72. The average molecular weight is 223 g/mol. The maximum Gasteiger partial charge on any atom is 0.136 e. The second kappa shape index (κ2) is 3.90. The molecule has 0 saturated heterocycles. The lowest BCUT2D eigenvalue weighted by Crippen LogP contribution is -1.90. The molecule has 0 bridgehead atoms. The zero-order valence-corrected chi connectivity index (χ0v) is 10.1. The smallest absolute Gasteiger partial charge is 0.136 e. The molecule has 2 aromatic rings. The predicted molar refractivity (Wildman–Crippen MR) is 64.7 cm³/mol. The van der Waals surface area contributed by atoms with Crippen LogP contribution in [0.3, 0.4) is 0 Å². The maximum absolute atomic E-state index is 5.94. The Morgan fingerprint density at radius 2 is 2.07 bits per heavy atom. The van der Waals surface area contributed by atoms with Gasteiger partial charge in [-0.25, -0.2) is 0 Å². The zero-order chi connectivity index (χ0) is 11.0. The maximum atomic E-state index is 5.94. The summed E-state index contributed by atoms with van der Waals surface area (Å²) < 4.78 is 5.81. The van der Waals surface area contributed by atoms with Crippen LogP contribution in [-0.4, -0.2) is 0 Å². The highest BCUT2D eigenvalue weighted by atomic mass is 35.5. The lowest BCUT2D eigenvalue weighted by molar-refractivity contribution is 0.546. The predicted octanol–water partition coefficient (Wildman–Crippen LogP) is 4.77. The van der Waals surface area contributed by atoms with Crippen LogP contribution in [-0.2, 0) is 6.42 Å². The van der Waals surface area contributed by atoms with E-state index in [1.54, 1.807) is 0 Å². The van der Waals surface area contributed by atoms with Crippen molar-refractivity contribution in [3.8, 4) is 0 Å². The van der Waals surface area contributed by atoms with Crippen LogP contribution in [0.1, 0.15) is 38.0 Å². The van der Waals surface area contributed by atoms with Crippen molar-refractivity contribution < 1.29 is 4.42 Å². The molecule has 0 radical (unpaired) electrons. The van der Waals surface area contributed by atoms with Crippen LogP contribution in [0.4, 0.5) is 0 Å². The number of benzene rings is 1. The van der Waals surface area contributed by atoms with Crippen molar-refractivity contribution >= 4 is 22.6 Å². The van der Waals surface area contributed by atoms with Gasteiger partial charge in [-0.2, -0.15) is 0 Å². The zero-order valence-electron chi connectivity index (χ0n) is 9.30. The number of rotatable bonds is 2. The van der Waals surface area contributed by atoms with Crippen molar-refractivity contribution in [2.45, 2.75) is 33.1 Å². The minimum atomic E-state index is 0.488. The fourth-order valence-corrected chi connectivity index (χ4v) is 2.20. The Morgan fingerprint density at radius 1 is 1.33 bits per heavy atom. The lowest BCUT2D eigenvalue weighted by Gasteiger charge is -2.04. The van der Waals surface area contributed by atoms with Gasteiger partial charge in [0.2, 0.25) is 0 Å². The lowest BCUT2D eigenvalue weighted by atomic mass is 9.99. The van der Waals surface area contributed by atoms with E-state index in [0.717, 1.165) is 22.8 Å². The van der Waals surface area contributed by atoms with Crippen LogP contribution in [0.15, 0.2) is 22.6 Å². The third kappa shape index (κ3) is 1.76. The molecule has 2 heteroatoms.